The highest BCUT2D eigenvalue weighted by molar-refractivity contribution is 7.99. The summed E-state index contributed by atoms with van der Waals surface area (Å²) in [7, 11) is 0. The molecule has 0 bridgehead atoms. The van der Waals surface area contributed by atoms with Gasteiger partial charge in [0, 0.05) is 6.54 Å². The number of allylic oxidation sites excluding steroid dienone is 1. The van der Waals surface area contributed by atoms with Crippen molar-refractivity contribution >= 4 is 17.7 Å². The average molecular weight is 427 g/mol. The first-order valence-corrected chi connectivity index (χ1v) is 10.4. The molecular weight excluding hydrogens is 403 g/mol. The van der Waals surface area contributed by atoms with E-state index in [1.54, 1.807) is 28.8 Å². The van der Waals surface area contributed by atoms with Gasteiger partial charge in [-0.05, 0) is 24.6 Å². The van der Waals surface area contributed by atoms with Crippen LogP contribution in [0.4, 0.5) is 4.39 Å². The van der Waals surface area contributed by atoms with E-state index in [-0.39, 0.29) is 30.1 Å². The Kier molecular flexibility index (Phi) is 7.62. The molecule has 6 nitrogen and oxygen atoms in total. The number of nitrogens with zero attached hydrogens (tertiary/aromatic N) is 3. The summed E-state index contributed by atoms with van der Waals surface area (Å²) in [5.41, 5.74) is 1.04. The maximum atomic E-state index is 13.8. The number of nitrogens with one attached hydrogen (secondary N) is 1. The van der Waals surface area contributed by atoms with Crippen molar-refractivity contribution in [1.82, 2.24) is 20.1 Å². The van der Waals surface area contributed by atoms with Gasteiger partial charge >= 0.3 is 0 Å². The molecule has 1 unspecified atom stereocenters. The third kappa shape index (κ3) is 5.70. The predicted octanol–water partition coefficient (Wildman–Crippen LogP) is 4.15. The summed E-state index contributed by atoms with van der Waals surface area (Å²) in [6.45, 7) is 6.20. The van der Waals surface area contributed by atoms with E-state index < -0.39 is 5.82 Å². The molecule has 0 aliphatic rings. The van der Waals surface area contributed by atoms with Crippen molar-refractivity contribution in [2.75, 3.05) is 5.75 Å². The van der Waals surface area contributed by atoms with Crippen LogP contribution in [-0.2, 0) is 17.9 Å². The van der Waals surface area contributed by atoms with Crippen LogP contribution in [0, 0.1) is 5.82 Å². The molecule has 3 rings (SSSR count). The Morgan fingerprint density at radius 2 is 1.97 bits per heavy atom. The molecule has 0 saturated carbocycles. The van der Waals surface area contributed by atoms with Crippen LogP contribution in [0.15, 0.2) is 72.4 Å². The first kappa shape index (κ1) is 21.6. The molecule has 2 aromatic carbocycles. The molecule has 1 heterocycles. The molecule has 1 amide bonds. The third-order valence-electron chi connectivity index (χ3n) is 4.31. The zero-order chi connectivity index (χ0) is 21.3. The summed E-state index contributed by atoms with van der Waals surface area (Å²) in [6.07, 6.45) is 1.71. The summed E-state index contributed by atoms with van der Waals surface area (Å²) in [6, 6.07) is 15.9. The van der Waals surface area contributed by atoms with Gasteiger partial charge in [0.1, 0.15) is 6.61 Å². The summed E-state index contributed by atoms with van der Waals surface area (Å²) in [5.74, 6) is 0.327. The fourth-order valence-corrected chi connectivity index (χ4v) is 3.57. The van der Waals surface area contributed by atoms with E-state index >= 15 is 0 Å². The van der Waals surface area contributed by atoms with Gasteiger partial charge in [0.05, 0.1) is 11.8 Å². The second kappa shape index (κ2) is 10.6. The SMILES string of the molecule is C=CCn1c(COc2ccccc2F)nnc1SCC(=O)NC(C)c1ccccc1. The number of benzene rings is 2. The molecule has 1 N–H and O–H groups in total. The monoisotopic (exact) mass is 426 g/mol. The van der Waals surface area contributed by atoms with E-state index in [2.05, 4.69) is 22.1 Å². The fraction of sp³-hybridized carbons (Fsp3) is 0.227. The van der Waals surface area contributed by atoms with Gasteiger partial charge in [-0.1, -0.05) is 60.3 Å². The van der Waals surface area contributed by atoms with Crippen molar-refractivity contribution in [3.63, 3.8) is 0 Å². The summed E-state index contributed by atoms with van der Waals surface area (Å²) >= 11 is 1.28. The lowest BCUT2D eigenvalue weighted by Crippen LogP contribution is -2.28. The lowest BCUT2D eigenvalue weighted by Gasteiger charge is -2.14. The van der Waals surface area contributed by atoms with Crippen molar-refractivity contribution < 1.29 is 13.9 Å². The van der Waals surface area contributed by atoms with Gasteiger partial charge < -0.3 is 10.1 Å². The number of carbonyl (C=O) groups excluding carboxylic acids is 1. The van der Waals surface area contributed by atoms with Crippen molar-refractivity contribution in [3.05, 3.63) is 84.5 Å². The molecule has 0 aliphatic heterocycles. The van der Waals surface area contributed by atoms with Crippen molar-refractivity contribution in [3.8, 4) is 5.75 Å². The number of ether oxygens (including phenoxy) is 1. The minimum absolute atomic E-state index is 0.0551. The van der Waals surface area contributed by atoms with Crippen molar-refractivity contribution in [1.29, 1.82) is 0 Å². The van der Waals surface area contributed by atoms with Gasteiger partial charge in [-0.15, -0.1) is 16.8 Å². The molecule has 30 heavy (non-hydrogen) atoms. The Bertz CT molecular complexity index is 994. The number of rotatable bonds is 10. The number of halogens is 1. The van der Waals surface area contributed by atoms with Gasteiger partial charge in [-0.2, -0.15) is 0 Å². The first-order valence-electron chi connectivity index (χ1n) is 9.46. The molecule has 0 fully saturated rings. The second-order valence-electron chi connectivity index (χ2n) is 6.51. The summed E-state index contributed by atoms with van der Waals surface area (Å²) in [4.78, 5) is 12.3. The third-order valence-corrected chi connectivity index (χ3v) is 5.27. The van der Waals surface area contributed by atoms with Gasteiger partial charge in [0.15, 0.2) is 22.5 Å². The molecule has 156 valence electrons. The fourth-order valence-electron chi connectivity index (χ4n) is 2.79. The zero-order valence-corrected chi connectivity index (χ0v) is 17.4. The average Bonchev–Trinajstić information content (AvgIpc) is 3.14. The summed E-state index contributed by atoms with van der Waals surface area (Å²) < 4.78 is 21.1. The minimum Gasteiger partial charge on any atom is -0.483 e. The molecule has 0 radical (unpaired) electrons. The van der Waals surface area contributed by atoms with Crippen LogP contribution >= 0.6 is 11.8 Å². The highest BCUT2D eigenvalue weighted by Gasteiger charge is 2.16. The van der Waals surface area contributed by atoms with Gasteiger partial charge in [-0.25, -0.2) is 4.39 Å². The summed E-state index contributed by atoms with van der Waals surface area (Å²) in [5, 5.41) is 11.8. The molecule has 8 heteroatoms. The maximum Gasteiger partial charge on any atom is 0.230 e. The largest absolute Gasteiger partial charge is 0.483 e. The first-order chi connectivity index (χ1) is 14.6. The van der Waals surface area contributed by atoms with Crippen LogP contribution in [0.1, 0.15) is 24.4 Å². The Morgan fingerprint density at radius 1 is 1.23 bits per heavy atom. The lowest BCUT2D eigenvalue weighted by atomic mass is 10.1. The van der Waals surface area contributed by atoms with Crippen LogP contribution in [0.3, 0.4) is 0 Å². The number of para-hydroxylation sites is 1. The number of hydrogen-bond donors (Lipinski definition) is 1. The van der Waals surface area contributed by atoms with Gasteiger partial charge in [0.2, 0.25) is 5.91 Å². The number of aromatic nitrogens is 3. The molecule has 1 atom stereocenters. The highest BCUT2D eigenvalue weighted by atomic mass is 32.2. The molecule has 1 aromatic heterocycles. The van der Waals surface area contributed by atoms with Crippen LogP contribution in [0.5, 0.6) is 5.75 Å². The number of amides is 1. The van der Waals surface area contributed by atoms with E-state index in [1.165, 1.54) is 17.8 Å². The zero-order valence-electron chi connectivity index (χ0n) is 16.6. The van der Waals surface area contributed by atoms with Crippen molar-refractivity contribution in [2.24, 2.45) is 0 Å². The normalized spacial score (nSPS) is 11.7. The number of hydrogen-bond acceptors (Lipinski definition) is 5. The van der Waals surface area contributed by atoms with E-state index in [1.807, 2.05) is 37.3 Å². The molecule has 0 aliphatic carbocycles. The Hall–Kier alpha value is -3.13. The Labute approximate surface area is 179 Å². The van der Waals surface area contributed by atoms with E-state index in [9.17, 15) is 9.18 Å². The van der Waals surface area contributed by atoms with E-state index in [0.29, 0.717) is 17.5 Å². The lowest BCUT2D eigenvalue weighted by molar-refractivity contribution is -0.119. The van der Waals surface area contributed by atoms with Crippen LogP contribution < -0.4 is 10.1 Å². The van der Waals surface area contributed by atoms with E-state index in [0.717, 1.165) is 5.56 Å². The Balaban J connectivity index is 1.59. The predicted molar refractivity (Wildman–Crippen MR) is 115 cm³/mol. The van der Waals surface area contributed by atoms with Crippen molar-refractivity contribution in [2.45, 2.75) is 31.3 Å². The molecule has 3 aromatic rings. The Morgan fingerprint density at radius 3 is 2.70 bits per heavy atom. The number of carbonyl (C=O) groups is 1. The topological polar surface area (TPSA) is 69.0 Å². The molecular formula is C22H23FN4O2S. The van der Waals surface area contributed by atoms with Gasteiger partial charge in [-0.3, -0.25) is 9.36 Å². The highest BCUT2D eigenvalue weighted by Crippen LogP contribution is 2.21. The standard InChI is InChI=1S/C22H23FN4O2S/c1-3-13-27-20(14-29-19-12-8-7-11-18(19)23)25-26-22(27)30-15-21(28)24-16(2)17-9-5-4-6-10-17/h3-12,16H,1,13-15H2,2H3,(H,24,28). The quantitative estimate of drug-likeness (QED) is 0.390. The molecule has 0 saturated heterocycles. The molecule has 0 spiro atoms. The smallest absolute Gasteiger partial charge is 0.230 e. The minimum atomic E-state index is -0.439. The van der Waals surface area contributed by atoms with Crippen LogP contribution in [0.25, 0.3) is 0 Å². The van der Waals surface area contributed by atoms with E-state index in [4.69, 9.17) is 4.74 Å². The van der Waals surface area contributed by atoms with Crippen LogP contribution in [-0.4, -0.2) is 26.4 Å². The van der Waals surface area contributed by atoms with Gasteiger partial charge in [0.25, 0.3) is 0 Å². The number of thioether (sulfide) groups is 1. The maximum absolute atomic E-state index is 13.8. The van der Waals surface area contributed by atoms with Crippen LogP contribution in [0.2, 0.25) is 0 Å². The second-order valence-corrected chi connectivity index (χ2v) is 7.45.